The number of carbonyl (C=O) groups is 2. The summed E-state index contributed by atoms with van der Waals surface area (Å²) in [5.41, 5.74) is 3.32. The summed E-state index contributed by atoms with van der Waals surface area (Å²) in [6.07, 6.45) is -0.536. The fraction of sp³-hybridized carbons (Fsp3) is 0.417. The normalized spacial score (nSPS) is 19.3. The van der Waals surface area contributed by atoms with E-state index in [1.807, 2.05) is 26.8 Å². The van der Waals surface area contributed by atoms with E-state index in [2.05, 4.69) is 0 Å². The quantitative estimate of drug-likeness (QED) is 0.444. The Bertz CT molecular complexity index is 1180. The van der Waals surface area contributed by atoms with E-state index in [1.165, 1.54) is 22.5 Å². The average Bonchev–Trinajstić information content (AvgIpc) is 2.73. The number of hydrogen-bond acceptors (Lipinski definition) is 6. The lowest BCUT2D eigenvalue weighted by Gasteiger charge is -2.34. The molecule has 2 aromatic rings. The highest BCUT2D eigenvalue weighted by molar-refractivity contribution is 7.89. The fourth-order valence-corrected chi connectivity index (χ4v) is 5.94. The third-order valence-corrected chi connectivity index (χ3v) is 7.96. The molecule has 1 fully saturated rings. The second-order valence-corrected chi connectivity index (χ2v) is 10.8. The molecular formula is C24H28ClNO6S. The lowest BCUT2D eigenvalue weighted by Crippen LogP contribution is -2.48. The van der Waals surface area contributed by atoms with Crippen LogP contribution in [0.5, 0.6) is 0 Å². The first-order valence-electron chi connectivity index (χ1n) is 10.6. The van der Waals surface area contributed by atoms with Crippen molar-refractivity contribution < 1.29 is 27.5 Å². The summed E-state index contributed by atoms with van der Waals surface area (Å²) in [6, 6.07) is 7.59. The van der Waals surface area contributed by atoms with Gasteiger partial charge in [-0.15, -0.1) is 0 Å². The molecule has 1 aliphatic heterocycles. The number of benzene rings is 2. The van der Waals surface area contributed by atoms with Crippen LogP contribution < -0.4 is 0 Å². The minimum absolute atomic E-state index is 0.000166. The second-order valence-electron chi connectivity index (χ2n) is 8.48. The van der Waals surface area contributed by atoms with E-state index < -0.39 is 22.6 Å². The molecule has 0 unspecified atom stereocenters. The van der Waals surface area contributed by atoms with Crippen molar-refractivity contribution in [3.63, 3.8) is 0 Å². The lowest BCUT2D eigenvalue weighted by molar-refractivity contribution is -0.0440. The van der Waals surface area contributed by atoms with Crippen LogP contribution in [0.4, 0.5) is 0 Å². The van der Waals surface area contributed by atoms with Crippen molar-refractivity contribution in [3.8, 4) is 0 Å². The highest BCUT2D eigenvalue weighted by atomic mass is 35.5. The first kappa shape index (κ1) is 25.4. The third kappa shape index (κ3) is 5.63. The number of carbonyl (C=O) groups excluding carboxylic acids is 2. The summed E-state index contributed by atoms with van der Waals surface area (Å²) in [5, 5.41) is 0.000166. The number of esters is 1. The number of sulfonamides is 1. The Morgan fingerprint density at radius 1 is 1.03 bits per heavy atom. The summed E-state index contributed by atoms with van der Waals surface area (Å²) in [6.45, 7) is 9.19. The zero-order valence-corrected chi connectivity index (χ0v) is 20.9. The molecule has 2 atom stereocenters. The zero-order chi connectivity index (χ0) is 24.5. The summed E-state index contributed by atoms with van der Waals surface area (Å²) in [7, 11) is -3.96. The summed E-state index contributed by atoms with van der Waals surface area (Å²) >= 11 is 6.19. The highest BCUT2D eigenvalue weighted by Gasteiger charge is 2.34. The van der Waals surface area contributed by atoms with Crippen LogP contribution in [0, 0.1) is 20.8 Å². The predicted octanol–water partition coefficient (Wildman–Crippen LogP) is 4.10. The maximum absolute atomic E-state index is 13.2. The number of Topliss-reactive ketones (excluding diaryl/α,β-unsaturated/α-hetero) is 1. The maximum atomic E-state index is 13.2. The van der Waals surface area contributed by atoms with Gasteiger partial charge in [0.1, 0.15) is 4.90 Å². The molecule has 0 aromatic heterocycles. The number of ether oxygens (including phenoxy) is 2. The van der Waals surface area contributed by atoms with Crippen molar-refractivity contribution in [3.05, 3.63) is 63.2 Å². The Morgan fingerprint density at radius 3 is 2.27 bits per heavy atom. The van der Waals surface area contributed by atoms with E-state index >= 15 is 0 Å². The predicted molar refractivity (Wildman–Crippen MR) is 125 cm³/mol. The molecular weight excluding hydrogens is 466 g/mol. The molecule has 3 rings (SSSR count). The molecule has 0 spiro atoms. The van der Waals surface area contributed by atoms with Gasteiger partial charge in [-0.25, -0.2) is 13.2 Å². The third-order valence-electron chi connectivity index (χ3n) is 5.65. The fourth-order valence-electron chi connectivity index (χ4n) is 3.85. The largest absolute Gasteiger partial charge is 0.454 e. The molecule has 0 saturated carbocycles. The second kappa shape index (κ2) is 9.93. The number of rotatable bonds is 6. The Kier molecular flexibility index (Phi) is 7.63. The number of hydrogen-bond donors (Lipinski definition) is 0. The van der Waals surface area contributed by atoms with Crippen LogP contribution in [0.1, 0.15) is 51.3 Å². The van der Waals surface area contributed by atoms with Crippen molar-refractivity contribution in [1.82, 2.24) is 4.31 Å². The monoisotopic (exact) mass is 493 g/mol. The van der Waals surface area contributed by atoms with Crippen molar-refractivity contribution >= 4 is 33.4 Å². The van der Waals surface area contributed by atoms with Crippen LogP contribution >= 0.6 is 11.6 Å². The van der Waals surface area contributed by atoms with Gasteiger partial charge in [0.05, 0.1) is 22.8 Å². The van der Waals surface area contributed by atoms with Gasteiger partial charge in [-0.05, 0) is 75.6 Å². The molecule has 1 saturated heterocycles. The molecule has 33 heavy (non-hydrogen) atoms. The summed E-state index contributed by atoms with van der Waals surface area (Å²) in [5.74, 6) is -1.14. The molecule has 7 nitrogen and oxygen atoms in total. The van der Waals surface area contributed by atoms with Gasteiger partial charge in [-0.3, -0.25) is 4.79 Å². The Morgan fingerprint density at radius 2 is 1.64 bits per heavy atom. The van der Waals surface area contributed by atoms with Crippen molar-refractivity contribution in [1.29, 1.82) is 0 Å². The smallest absolute Gasteiger partial charge is 0.338 e. The molecule has 9 heteroatoms. The van der Waals surface area contributed by atoms with Crippen LogP contribution in [-0.4, -0.2) is 56.4 Å². The Labute approximate surface area is 199 Å². The number of morpholine rings is 1. The standard InChI is InChI=1S/C24H28ClNO6S/c1-14-8-16(3)20(9-15(14)2)22(27)13-31-24(28)19-6-7-21(25)23(10-19)33(29,30)26-11-17(4)32-18(5)12-26/h6-10,17-18H,11-13H2,1-5H3/t17-,18-/m0/s1. The van der Waals surface area contributed by atoms with Gasteiger partial charge in [0.25, 0.3) is 0 Å². The van der Waals surface area contributed by atoms with Gasteiger partial charge in [0.2, 0.25) is 15.8 Å². The van der Waals surface area contributed by atoms with Crippen LogP contribution in [0.2, 0.25) is 5.02 Å². The first-order chi connectivity index (χ1) is 15.4. The van der Waals surface area contributed by atoms with Gasteiger partial charge >= 0.3 is 5.97 Å². The summed E-state index contributed by atoms with van der Waals surface area (Å²) < 4.78 is 38.5. The Balaban J connectivity index is 1.78. The molecule has 0 bridgehead atoms. The molecule has 2 aromatic carbocycles. The molecule has 0 aliphatic carbocycles. The van der Waals surface area contributed by atoms with Gasteiger partial charge in [0, 0.05) is 18.7 Å². The van der Waals surface area contributed by atoms with Gasteiger partial charge in [0.15, 0.2) is 6.61 Å². The summed E-state index contributed by atoms with van der Waals surface area (Å²) in [4.78, 5) is 25.0. The number of aryl methyl sites for hydroxylation is 3. The average molecular weight is 494 g/mol. The molecule has 0 amide bonds. The van der Waals surface area contributed by atoms with Gasteiger partial charge in [-0.2, -0.15) is 4.31 Å². The molecule has 178 valence electrons. The van der Waals surface area contributed by atoms with E-state index in [9.17, 15) is 18.0 Å². The zero-order valence-electron chi connectivity index (χ0n) is 19.3. The van der Waals surface area contributed by atoms with Crippen LogP contribution in [-0.2, 0) is 19.5 Å². The maximum Gasteiger partial charge on any atom is 0.338 e. The minimum atomic E-state index is -3.96. The molecule has 1 aliphatic rings. The van der Waals surface area contributed by atoms with E-state index in [0.717, 1.165) is 16.7 Å². The lowest BCUT2D eigenvalue weighted by atomic mass is 9.98. The van der Waals surface area contributed by atoms with Gasteiger partial charge in [-0.1, -0.05) is 17.7 Å². The van der Waals surface area contributed by atoms with Crippen LogP contribution in [0.3, 0.4) is 0 Å². The highest BCUT2D eigenvalue weighted by Crippen LogP contribution is 2.28. The minimum Gasteiger partial charge on any atom is -0.454 e. The molecule has 1 heterocycles. The van der Waals surface area contributed by atoms with Crippen LogP contribution in [0.15, 0.2) is 35.2 Å². The van der Waals surface area contributed by atoms with E-state index in [1.54, 1.807) is 19.9 Å². The number of halogens is 1. The molecule has 0 radical (unpaired) electrons. The van der Waals surface area contributed by atoms with E-state index in [4.69, 9.17) is 21.1 Å². The number of nitrogens with zero attached hydrogens (tertiary/aromatic N) is 1. The van der Waals surface area contributed by atoms with E-state index in [-0.39, 0.29) is 46.6 Å². The van der Waals surface area contributed by atoms with Crippen LogP contribution in [0.25, 0.3) is 0 Å². The SMILES string of the molecule is Cc1cc(C)c(C(=O)COC(=O)c2ccc(Cl)c(S(=O)(=O)N3C[C@H](C)O[C@@H](C)C3)c2)cc1C. The van der Waals surface area contributed by atoms with E-state index in [0.29, 0.717) is 5.56 Å². The first-order valence-corrected chi connectivity index (χ1v) is 12.4. The van der Waals surface area contributed by atoms with Crippen molar-refractivity contribution in [2.75, 3.05) is 19.7 Å². The van der Waals surface area contributed by atoms with Crippen molar-refractivity contribution in [2.45, 2.75) is 51.7 Å². The van der Waals surface area contributed by atoms with Gasteiger partial charge < -0.3 is 9.47 Å². The Hall–Kier alpha value is -2.26. The number of ketones is 1. The van der Waals surface area contributed by atoms with Crippen molar-refractivity contribution in [2.24, 2.45) is 0 Å². The molecule has 0 N–H and O–H groups in total. The topological polar surface area (TPSA) is 90.0 Å².